The van der Waals surface area contributed by atoms with Crippen molar-refractivity contribution in [2.45, 2.75) is 31.7 Å². The van der Waals surface area contributed by atoms with E-state index < -0.39 is 5.97 Å². The van der Waals surface area contributed by atoms with Crippen LogP contribution in [0.3, 0.4) is 0 Å². The van der Waals surface area contributed by atoms with Crippen LogP contribution < -0.4 is 5.32 Å². The molecule has 0 amide bonds. The maximum absolute atomic E-state index is 11.4. The molecule has 0 saturated carbocycles. The molecule has 7 nitrogen and oxygen atoms in total. The van der Waals surface area contributed by atoms with Crippen LogP contribution in [0.5, 0.6) is 0 Å². The summed E-state index contributed by atoms with van der Waals surface area (Å²) in [6.07, 6.45) is 0.947. The first kappa shape index (κ1) is 23.7. The quantitative estimate of drug-likeness (QED) is 0.572. The van der Waals surface area contributed by atoms with Crippen molar-refractivity contribution in [2.75, 3.05) is 45.3 Å². The molecule has 1 heterocycles. The summed E-state index contributed by atoms with van der Waals surface area (Å²) in [4.78, 5) is 13.8. The third-order valence-corrected chi connectivity index (χ3v) is 5.86. The standard InChI is InChI=1S/C25H31N3O4/c1-3-24(28-10-12-32-13-11-28)22-9-6-19(20(17-31-2)15-25(29)30)14-23(22)27-21-7-4-18(16-26)5-8-21/h4-9,14,20,24,27H,3,10-13,15,17H2,1-2H3,(H,29,30)/t20-,24-/m1/s1. The summed E-state index contributed by atoms with van der Waals surface area (Å²) >= 11 is 0. The molecule has 0 bridgehead atoms. The Balaban J connectivity index is 1.99. The number of aliphatic carboxylic acids is 1. The van der Waals surface area contributed by atoms with Crippen molar-refractivity contribution in [3.05, 3.63) is 59.2 Å². The predicted octanol–water partition coefficient (Wildman–Crippen LogP) is 4.29. The fourth-order valence-corrected chi connectivity index (χ4v) is 4.26. The van der Waals surface area contributed by atoms with E-state index in [0.717, 1.165) is 55.2 Å². The Morgan fingerprint density at radius 1 is 1.25 bits per heavy atom. The number of morpholine rings is 1. The second kappa shape index (κ2) is 11.6. The van der Waals surface area contributed by atoms with Crippen LogP contribution in [-0.4, -0.2) is 56.0 Å². The minimum atomic E-state index is -0.850. The number of carboxylic acid groups (broad SMARTS) is 1. The first-order valence-corrected chi connectivity index (χ1v) is 11.0. The second-order valence-electron chi connectivity index (χ2n) is 7.98. The van der Waals surface area contributed by atoms with E-state index in [1.807, 2.05) is 24.3 Å². The van der Waals surface area contributed by atoms with Crippen LogP contribution in [0.2, 0.25) is 0 Å². The lowest BCUT2D eigenvalue weighted by Gasteiger charge is -2.35. The van der Waals surface area contributed by atoms with Gasteiger partial charge in [-0.2, -0.15) is 5.26 Å². The van der Waals surface area contributed by atoms with Gasteiger partial charge in [-0.25, -0.2) is 0 Å². The molecule has 1 fully saturated rings. The van der Waals surface area contributed by atoms with Gasteiger partial charge in [0.2, 0.25) is 0 Å². The molecular formula is C25H31N3O4. The van der Waals surface area contributed by atoms with E-state index in [1.165, 1.54) is 0 Å². The van der Waals surface area contributed by atoms with Crippen molar-refractivity contribution in [3.63, 3.8) is 0 Å². The highest BCUT2D eigenvalue weighted by Gasteiger charge is 2.25. The molecule has 2 atom stereocenters. The number of rotatable bonds is 10. The minimum absolute atomic E-state index is 0.00413. The second-order valence-corrected chi connectivity index (χ2v) is 7.98. The molecule has 2 aromatic rings. The summed E-state index contributed by atoms with van der Waals surface area (Å²) in [5.41, 5.74) is 4.50. The zero-order valence-corrected chi connectivity index (χ0v) is 18.7. The molecule has 2 aromatic carbocycles. The fourth-order valence-electron chi connectivity index (χ4n) is 4.26. The van der Waals surface area contributed by atoms with Crippen molar-refractivity contribution < 1.29 is 19.4 Å². The number of carbonyl (C=O) groups is 1. The summed E-state index contributed by atoms with van der Waals surface area (Å²) in [5, 5.41) is 22.0. The van der Waals surface area contributed by atoms with Crippen LogP contribution in [0.25, 0.3) is 0 Å². The Hall–Kier alpha value is -2.92. The number of nitriles is 1. The molecule has 1 aliphatic rings. The van der Waals surface area contributed by atoms with Crippen molar-refractivity contribution in [2.24, 2.45) is 0 Å². The summed E-state index contributed by atoms with van der Waals surface area (Å²) in [6, 6.07) is 15.9. The van der Waals surface area contributed by atoms with E-state index in [1.54, 1.807) is 19.2 Å². The molecule has 0 radical (unpaired) electrons. The maximum atomic E-state index is 11.4. The highest BCUT2D eigenvalue weighted by molar-refractivity contribution is 5.69. The molecule has 170 valence electrons. The number of anilines is 2. The van der Waals surface area contributed by atoms with Gasteiger partial charge in [-0.1, -0.05) is 19.1 Å². The first-order chi connectivity index (χ1) is 15.5. The monoisotopic (exact) mass is 437 g/mol. The molecule has 1 aliphatic heterocycles. The number of ether oxygens (including phenoxy) is 2. The van der Waals surface area contributed by atoms with Gasteiger partial charge in [0.25, 0.3) is 0 Å². The molecule has 0 aromatic heterocycles. The van der Waals surface area contributed by atoms with Gasteiger partial charge in [0.15, 0.2) is 0 Å². The number of methoxy groups -OCH3 is 1. The third kappa shape index (κ3) is 6.07. The first-order valence-electron chi connectivity index (χ1n) is 11.0. The van der Waals surface area contributed by atoms with Gasteiger partial charge < -0.3 is 19.9 Å². The number of hydrogen-bond acceptors (Lipinski definition) is 6. The Labute approximate surface area is 189 Å². The van der Waals surface area contributed by atoms with Crippen LogP contribution in [-0.2, 0) is 14.3 Å². The zero-order chi connectivity index (χ0) is 22.9. The molecule has 32 heavy (non-hydrogen) atoms. The number of nitrogens with zero attached hydrogens (tertiary/aromatic N) is 2. The van der Waals surface area contributed by atoms with E-state index in [4.69, 9.17) is 14.7 Å². The van der Waals surface area contributed by atoms with Gasteiger partial charge in [-0.3, -0.25) is 9.69 Å². The fraction of sp³-hybridized carbons (Fsp3) is 0.440. The van der Waals surface area contributed by atoms with E-state index in [2.05, 4.69) is 29.3 Å². The Morgan fingerprint density at radius 3 is 2.56 bits per heavy atom. The minimum Gasteiger partial charge on any atom is -0.481 e. The SMILES string of the molecule is CC[C@H](c1ccc([C@@H](COC)CC(=O)O)cc1Nc1ccc(C#N)cc1)N1CCOCC1. The van der Waals surface area contributed by atoms with Crippen molar-refractivity contribution in [1.29, 1.82) is 5.26 Å². The van der Waals surface area contributed by atoms with Gasteiger partial charge in [-0.05, 0) is 47.9 Å². The van der Waals surface area contributed by atoms with Gasteiger partial charge >= 0.3 is 5.97 Å². The Morgan fingerprint density at radius 2 is 1.97 bits per heavy atom. The number of nitrogens with one attached hydrogen (secondary N) is 1. The Bertz CT molecular complexity index is 933. The van der Waals surface area contributed by atoms with Crippen molar-refractivity contribution in [3.8, 4) is 6.07 Å². The Kier molecular flexibility index (Phi) is 8.63. The van der Waals surface area contributed by atoms with Crippen molar-refractivity contribution in [1.82, 2.24) is 4.90 Å². The number of benzene rings is 2. The topological polar surface area (TPSA) is 94.8 Å². The predicted molar refractivity (Wildman–Crippen MR) is 123 cm³/mol. The number of hydrogen-bond donors (Lipinski definition) is 2. The molecule has 0 spiro atoms. The van der Waals surface area contributed by atoms with E-state index in [0.29, 0.717) is 12.2 Å². The number of carboxylic acids is 1. The summed E-state index contributed by atoms with van der Waals surface area (Å²) < 4.78 is 10.8. The van der Waals surface area contributed by atoms with Crippen LogP contribution in [0.1, 0.15) is 48.4 Å². The largest absolute Gasteiger partial charge is 0.481 e. The summed E-state index contributed by atoms with van der Waals surface area (Å²) in [7, 11) is 1.59. The van der Waals surface area contributed by atoms with E-state index in [9.17, 15) is 9.90 Å². The van der Waals surface area contributed by atoms with Gasteiger partial charge in [0.1, 0.15) is 0 Å². The smallest absolute Gasteiger partial charge is 0.304 e. The van der Waals surface area contributed by atoms with Crippen molar-refractivity contribution >= 4 is 17.3 Å². The average Bonchev–Trinajstić information content (AvgIpc) is 2.81. The normalized spacial score (nSPS) is 16.2. The highest BCUT2D eigenvalue weighted by Crippen LogP contribution is 2.35. The molecular weight excluding hydrogens is 406 g/mol. The van der Waals surface area contributed by atoms with Crippen LogP contribution in [0.15, 0.2) is 42.5 Å². The van der Waals surface area contributed by atoms with Crippen LogP contribution in [0.4, 0.5) is 11.4 Å². The molecule has 2 N–H and O–H groups in total. The van der Waals surface area contributed by atoms with Crippen LogP contribution in [0, 0.1) is 11.3 Å². The highest BCUT2D eigenvalue weighted by atomic mass is 16.5. The summed E-state index contributed by atoms with van der Waals surface area (Å²) in [6.45, 7) is 5.72. The lowest BCUT2D eigenvalue weighted by Crippen LogP contribution is -2.39. The average molecular weight is 438 g/mol. The van der Waals surface area contributed by atoms with Gasteiger partial charge in [0, 0.05) is 43.5 Å². The van der Waals surface area contributed by atoms with Gasteiger partial charge in [0.05, 0.1) is 37.9 Å². The molecule has 0 aliphatic carbocycles. The van der Waals surface area contributed by atoms with Crippen LogP contribution >= 0.6 is 0 Å². The lowest BCUT2D eigenvalue weighted by molar-refractivity contribution is -0.137. The molecule has 0 unspecified atom stereocenters. The zero-order valence-electron chi connectivity index (χ0n) is 18.7. The van der Waals surface area contributed by atoms with E-state index >= 15 is 0 Å². The molecule has 1 saturated heterocycles. The maximum Gasteiger partial charge on any atom is 0.304 e. The van der Waals surface area contributed by atoms with Gasteiger partial charge in [-0.15, -0.1) is 0 Å². The summed E-state index contributed by atoms with van der Waals surface area (Å²) in [5.74, 6) is -1.09. The lowest BCUT2D eigenvalue weighted by atomic mass is 9.91. The van der Waals surface area contributed by atoms with E-state index in [-0.39, 0.29) is 18.4 Å². The molecule has 7 heteroatoms. The molecule has 3 rings (SSSR count). The third-order valence-electron chi connectivity index (χ3n) is 5.86.